The number of halogens is 1. The lowest BCUT2D eigenvalue weighted by atomic mass is 10.2. The highest BCUT2D eigenvalue weighted by atomic mass is 35.5. The van der Waals surface area contributed by atoms with Crippen molar-refractivity contribution in [2.75, 3.05) is 6.61 Å². The molecule has 2 aromatic carbocycles. The highest BCUT2D eigenvalue weighted by Gasteiger charge is 2.15. The van der Waals surface area contributed by atoms with Crippen molar-refractivity contribution >= 4 is 34.0 Å². The van der Waals surface area contributed by atoms with Gasteiger partial charge in [0.1, 0.15) is 5.75 Å². The van der Waals surface area contributed by atoms with Crippen LogP contribution in [-0.4, -0.2) is 21.2 Å². The van der Waals surface area contributed by atoms with E-state index < -0.39 is 0 Å². The van der Waals surface area contributed by atoms with E-state index in [9.17, 15) is 4.79 Å². The molecule has 0 aliphatic heterocycles. The average molecular weight is 384 g/mol. The largest absolute Gasteiger partial charge is 0.494 e. The number of benzene rings is 2. The molecule has 0 aliphatic rings. The van der Waals surface area contributed by atoms with E-state index in [2.05, 4.69) is 10.2 Å². The Labute approximate surface area is 158 Å². The number of aromatic nitrogens is 3. The minimum atomic E-state index is -0.154. The summed E-state index contributed by atoms with van der Waals surface area (Å²) in [6.45, 7) is 2.56. The van der Waals surface area contributed by atoms with Crippen LogP contribution in [0.4, 0.5) is 0 Å². The molecule has 0 atom stereocenters. The molecule has 0 saturated heterocycles. The van der Waals surface area contributed by atoms with Gasteiger partial charge in [-0.3, -0.25) is 4.79 Å². The van der Waals surface area contributed by atoms with Crippen molar-refractivity contribution in [1.29, 1.82) is 0 Å². The van der Waals surface area contributed by atoms with Crippen LogP contribution in [0.2, 0.25) is 5.02 Å². The number of thiazole rings is 1. The molecular formula is C19H14ClN3O2S. The van der Waals surface area contributed by atoms with Gasteiger partial charge in [-0.25, -0.2) is 4.40 Å². The van der Waals surface area contributed by atoms with Gasteiger partial charge in [0.05, 0.1) is 16.2 Å². The third-order valence-corrected chi connectivity index (χ3v) is 5.14. The Morgan fingerprint density at radius 1 is 1.15 bits per heavy atom. The first-order valence-electron chi connectivity index (χ1n) is 8.05. The zero-order chi connectivity index (χ0) is 18.1. The average Bonchev–Trinajstić information content (AvgIpc) is 3.18. The van der Waals surface area contributed by atoms with E-state index in [4.69, 9.17) is 16.3 Å². The lowest BCUT2D eigenvalue weighted by Gasteiger charge is -2.01. The van der Waals surface area contributed by atoms with Crippen molar-refractivity contribution in [3.8, 4) is 17.1 Å². The number of rotatable bonds is 4. The van der Waals surface area contributed by atoms with Crippen molar-refractivity contribution in [3.05, 3.63) is 74.0 Å². The highest BCUT2D eigenvalue weighted by Crippen LogP contribution is 2.25. The molecular weight excluding hydrogens is 370 g/mol. The summed E-state index contributed by atoms with van der Waals surface area (Å²) in [5, 5.41) is 8.80. The van der Waals surface area contributed by atoms with E-state index in [1.807, 2.05) is 55.5 Å². The first-order valence-corrected chi connectivity index (χ1v) is 9.24. The van der Waals surface area contributed by atoms with Crippen LogP contribution in [0.25, 0.3) is 22.4 Å². The fraction of sp³-hybridized carbons (Fsp3) is 0.105. The van der Waals surface area contributed by atoms with Crippen molar-refractivity contribution in [2.24, 2.45) is 0 Å². The Morgan fingerprint density at radius 2 is 1.92 bits per heavy atom. The summed E-state index contributed by atoms with van der Waals surface area (Å²) >= 11 is 7.55. The molecule has 0 spiro atoms. The van der Waals surface area contributed by atoms with Gasteiger partial charge >= 0.3 is 0 Å². The first kappa shape index (κ1) is 16.8. The number of hydrogen-bond donors (Lipinski definition) is 0. The van der Waals surface area contributed by atoms with E-state index in [0.29, 0.717) is 32.5 Å². The first-order chi connectivity index (χ1) is 12.7. The van der Waals surface area contributed by atoms with E-state index in [0.717, 1.165) is 11.3 Å². The molecule has 0 unspecified atom stereocenters. The second kappa shape index (κ2) is 6.90. The van der Waals surface area contributed by atoms with E-state index in [1.54, 1.807) is 6.07 Å². The van der Waals surface area contributed by atoms with E-state index in [-0.39, 0.29) is 5.56 Å². The zero-order valence-corrected chi connectivity index (χ0v) is 15.4. The second-order valence-corrected chi connectivity index (χ2v) is 6.96. The molecule has 4 rings (SSSR count). The molecule has 0 fully saturated rings. The standard InChI is InChI=1S/C19H14ClN3O2S/c1-2-25-13-9-7-12(8-10-13)11-16-18(24)23-17(21-22-19(23)26-16)14-5-3-4-6-15(14)20/h3-11H,2H2,1H3/b16-11-. The third-order valence-electron chi connectivity index (χ3n) is 3.85. The fourth-order valence-electron chi connectivity index (χ4n) is 2.66. The summed E-state index contributed by atoms with van der Waals surface area (Å²) < 4.78 is 7.53. The van der Waals surface area contributed by atoms with Gasteiger partial charge in [0.15, 0.2) is 5.82 Å². The van der Waals surface area contributed by atoms with E-state index >= 15 is 0 Å². The van der Waals surface area contributed by atoms with Crippen LogP contribution in [0, 0.1) is 0 Å². The molecule has 7 heteroatoms. The minimum Gasteiger partial charge on any atom is -0.494 e. The Kier molecular flexibility index (Phi) is 4.44. The molecule has 2 aromatic heterocycles. The molecule has 0 radical (unpaired) electrons. The van der Waals surface area contributed by atoms with Crippen LogP contribution in [0.3, 0.4) is 0 Å². The molecule has 0 saturated carbocycles. The second-order valence-electron chi connectivity index (χ2n) is 5.54. The van der Waals surface area contributed by atoms with Crippen molar-refractivity contribution < 1.29 is 4.74 Å². The Morgan fingerprint density at radius 3 is 2.65 bits per heavy atom. The summed E-state index contributed by atoms with van der Waals surface area (Å²) in [7, 11) is 0. The van der Waals surface area contributed by atoms with Crippen LogP contribution in [0.15, 0.2) is 53.3 Å². The number of fused-ring (bicyclic) bond motifs is 1. The van der Waals surface area contributed by atoms with Gasteiger partial charge in [-0.1, -0.05) is 47.2 Å². The van der Waals surface area contributed by atoms with Gasteiger partial charge in [0, 0.05) is 5.56 Å². The SMILES string of the molecule is CCOc1ccc(/C=c2\sc3nnc(-c4ccccc4Cl)n3c2=O)cc1. The quantitative estimate of drug-likeness (QED) is 0.542. The topological polar surface area (TPSA) is 56.5 Å². The molecule has 26 heavy (non-hydrogen) atoms. The molecule has 0 amide bonds. The van der Waals surface area contributed by atoms with Crippen LogP contribution in [0.5, 0.6) is 5.75 Å². The Bertz CT molecular complexity index is 1180. The molecule has 0 N–H and O–H groups in total. The molecule has 4 aromatic rings. The van der Waals surface area contributed by atoms with Crippen LogP contribution in [-0.2, 0) is 0 Å². The third kappa shape index (κ3) is 2.98. The molecule has 5 nitrogen and oxygen atoms in total. The molecule has 2 heterocycles. The predicted molar refractivity (Wildman–Crippen MR) is 104 cm³/mol. The highest BCUT2D eigenvalue weighted by molar-refractivity contribution is 7.15. The summed E-state index contributed by atoms with van der Waals surface area (Å²) in [5.41, 5.74) is 1.45. The van der Waals surface area contributed by atoms with Gasteiger partial charge in [0.25, 0.3) is 5.56 Å². The summed E-state index contributed by atoms with van der Waals surface area (Å²) in [6.07, 6.45) is 1.84. The normalized spacial score (nSPS) is 12.0. The van der Waals surface area contributed by atoms with Gasteiger partial charge < -0.3 is 4.74 Å². The Balaban J connectivity index is 1.82. The molecule has 0 bridgehead atoms. The lowest BCUT2D eigenvalue weighted by Crippen LogP contribution is -2.23. The maximum Gasteiger partial charge on any atom is 0.276 e. The van der Waals surface area contributed by atoms with Gasteiger partial charge in [-0.2, -0.15) is 0 Å². The maximum atomic E-state index is 12.9. The molecule has 0 aliphatic carbocycles. The van der Waals surface area contributed by atoms with Crippen LogP contribution >= 0.6 is 22.9 Å². The summed E-state index contributed by atoms with van der Waals surface area (Å²) in [6, 6.07) is 14.9. The van der Waals surface area contributed by atoms with Crippen LogP contribution in [0.1, 0.15) is 12.5 Å². The fourth-order valence-corrected chi connectivity index (χ4v) is 3.79. The van der Waals surface area contributed by atoms with Crippen molar-refractivity contribution in [2.45, 2.75) is 6.92 Å². The van der Waals surface area contributed by atoms with E-state index in [1.165, 1.54) is 15.7 Å². The summed E-state index contributed by atoms with van der Waals surface area (Å²) in [5.74, 6) is 1.26. The van der Waals surface area contributed by atoms with Gasteiger partial charge in [-0.05, 0) is 42.8 Å². The zero-order valence-electron chi connectivity index (χ0n) is 13.8. The monoisotopic (exact) mass is 383 g/mol. The minimum absolute atomic E-state index is 0.154. The smallest absolute Gasteiger partial charge is 0.276 e. The lowest BCUT2D eigenvalue weighted by molar-refractivity contribution is 0.340. The molecule has 130 valence electrons. The van der Waals surface area contributed by atoms with Crippen molar-refractivity contribution in [3.63, 3.8) is 0 Å². The number of hydrogen-bond acceptors (Lipinski definition) is 5. The van der Waals surface area contributed by atoms with Gasteiger partial charge in [0.2, 0.25) is 4.96 Å². The van der Waals surface area contributed by atoms with Crippen molar-refractivity contribution in [1.82, 2.24) is 14.6 Å². The number of nitrogens with zero attached hydrogens (tertiary/aromatic N) is 3. The Hall–Kier alpha value is -2.70. The number of ether oxygens (including phenoxy) is 1. The van der Waals surface area contributed by atoms with Gasteiger partial charge in [-0.15, -0.1) is 10.2 Å². The summed E-state index contributed by atoms with van der Waals surface area (Å²) in [4.78, 5) is 13.4. The maximum absolute atomic E-state index is 12.9. The van der Waals surface area contributed by atoms with Crippen LogP contribution < -0.4 is 14.8 Å². The predicted octanol–water partition coefficient (Wildman–Crippen LogP) is 3.42.